The molecule has 0 spiro atoms. The molecule has 2 unspecified atom stereocenters. The van der Waals surface area contributed by atoms with Gasteiger partial charge >= 0.3 is 5.97 Å². The lowest BCUT2D eigenvalue weighted by Gasteiger charge is -2.52. The van der Waals surface area contributed by atoms with Crippen LogP contribution in [-0.2, 0) is 19.1 Å². The predicted octanol–water partition coefficient (Wildman–Crippen LogP) is 2.44. The third-order valence-electron chi connectivity index (χ3n) is 6.10. The minimum atomic E-state index is -1.01. The summed E-state index contributed by atoms with van der Waals surface area (Å²) in [4.78, 5) is 26.5. The Hall–Kier alpha value is -1.50. The summed E-state index contributed by atoms with van der Waals surface area (Å²) in [7, 11) is 1.66. The molecule has 6 nitrogen and oxygen atoms in total. The van der Waals surface area contributed by atoms with Crippen molar-refractivity contribution in [3.8, 4) is 0 Å². The van der Waals surface area contributed by atoms with E-state index in [1.807, 2.05) is 0 Å². The summed E-state index contributed by atoms with van der Waals surface area (Å²) < 4.78 is 10.9. The summed E-state index contributed by atoms with van der Waals surface area (Å²) in [5.41, 5.74) is 3.72. The maximum Gasteiger partial charge on any atom is 0.315 e. The van der Waals surface area contributed by atoms with Gasteiger partial charge in [0, 0.05) is 32.2 Å². The minimum Gasteiger partial charge on any atom is -0.481 e. The van der Waals surface area contributed by atoms with Crippen LogP contribution in [0.3, 0.4) is 0 Å². The van der Waals surface area contributed by atoms with Crippen LogP contribution in [0.4, 0.5) is 0 Å². The first-order chi connectivity index (χ1) is 12.7. The highest BCUT2D eigenvalue weighted by Gasteiger charge is 2.48. The highest BCUT2D eigenvalue weighted by molar-refractivity contribution is 5.99. The van der Waals surface area contributed by atoms with E-state index < -0.39 is 11.9 Å². The second-order valence-electron chi connectivity index (χ2n) is 8.86. The van der Waals surface area contributed by atoms with Gasteiger partial charge in [-0.3, -0.25) is 14.5 Å². The standard InChI is InChI=1S/C21H31NO5/c1-21(2,3)19-9-15(13-5-8-27-12-13)14(6-7-26-4)17-10-18(23)16(20(24)25)11-22(17)19/h6,16-17,19H,5,7-12H2,1-4H3,(H,24,25)/b14-6+,15-13-/t16?,17?,19-/m1/s1. The molecule has 1 N–H and O–H groups in total. The summed E-state index contributed by atoms with van der Waals surface area (Å²) in [6.07, 6.45) is 4.10. The number of ether oxygens (including phenoxy) is 2. The number of hydrogen-bond acceptors (Lipinski definition) is 5. The molecular weight excluding hydrogens is 346 g/mol. The van der Waals surface area contributed by atoms with Crippen molar-refractivity contribution in [3.05, 3.63) is 22.8 Å². The van der Waals surface area contributed by atoms with Crippen LogP contribution < -0.4 is 0 Å². The molecule has 3 rings (SSSR count). The van der Waals surface area contributed by atoms with Crippen LogP contribution in [0.25, 0.3) is 0 Å². The number of carbonyl (C=O) groups is 2. The Morgan fingerprint density at radius 2 is 2.11 bits per heavy atom. The lowest BCUT2D eigenvalue weighted by Crippen LogP contribution is -2.60. The molecule has 3 aliphatic heterocycles. The van der Waals surface area contributed by atoms with E-state index in [4.69, 9.17) is 9.47 Å². The Balaban J connectivity index is 2.06. The smallest absolute Gasteiger partial charge is 0.315 e. The number of piperidine rings is 2. The number of carbonyl (C=O) groups excluding carboxylic acids is 1. The SMILES string of the molecule is COC/C=C1\C(=C2\CCOC2)C[C@H](C(C)(C)C)N2CC(C(=O)O)C(=O)CC12. The van der Waals surface area contributed by atoms with Crippen LogP contribution in [0.15, 0.2) is 22.8 Å². The summed E-state index contributed by atoms with van der Waals surface area (Å²) in [5, 5.41) is 9.51. The maximum absolute atomic E-state index is 12.6. The third-order valence-corrected chi connectivity index (χ3v) is 6.10. The molecule has 0 saturated carbocycles. The van der Waals surface area contributed by atoms with Gasteiger partial charge in [-0.15, -0.1) is 0 Å². The van der Waals surface area contributed by atoms with Gasteiger partial charge in [0.05, 0.1) is 19.8 Å². The Kier molecular flexibility index (Phi) is 5.89. The van der Waals surface area contributed by atoms with E-state index in [2.05, 4.69) is 31.7 Å². The number of methoxy groups -OCH3 is 1. The fourth-order valence-electron chi connectivity index (χ4n) is 4.65. The molecular formula is C21H31NO5. The Morgan fingerprint density at radius 3 is 2.67 bits per heavy atom. The molecule has 3 fully saturated rings. The third kappa shape index (κ3) is 4.03. The van der Waals surface area contributed by atoms with Crippen LogP contribution in [-0.4, -0.2) is 67.3 Å². The molecule has 0 aromatic carbocycles. The normalized spacial score (nSPS) is 34.1. The lowest BCUT2D eigenvalue weighted by molar-refractivity contribution is -0.151. The van der Waals surface area contributed by atoms with E-state index in [9.17, 15) is 14.7 Å². The van der Waals surface area contributed by atoms with Crippen molar-refractivity contribution in [2.45, 2.75) is 52.1 Å². The van der Waals surface area contributed by atoms with Crippen LogP contribution in [0.1, 0.15) is 40.0 Å². The number of Topliss-reactive ketones (excluding diaryl/α,β-unsaturated/α-hetero) is 1. The second-order valence-corrected chi connectivity index (χ2v) is 8.86. The van der Waals surface area contributed by atoms with Gasteiger partial charge in [0.25, 0.3) is 0 Å². The summed E-state index contributed by atoms with van der Waals surface area (Å²) in [6.45, 7) is 8.73. The number of carboxylic acids is 1. The first-order valence-electron chi connectivity index (χ1n) is 9.73. The number of nitrogens with zero attached hydrogens (tertiary/aromatic N) is 1. The average Bonchev–Trinajstić information content (AvgIpc) is 3.11. The molecule has 150 valence electrons. The van der Waals surface area contributed by atoms with Crippen molar-refractivity contribution in [1.82, 2.24) is 4.90 Å². The molecule has 27 heavy (non-hydrogen) atoms. The van der Waals surface area contributed by atoms with Gasteiger partial charge in [0.15, 0.2) is 0 Å². The zero-order valence-corrected chi connectivity index (χ0v) is 16.8. The van der Waals surface area contributed by atoms with E-state index >= 15 is 0 Å². The number of carboxylic acid groups (broad SMARTS) is 1. The number of aliphatic carboxylic acids is 1. The molecule has 3 saturated heterocycles. The highest BCUT2D eigenvalue weighted by atomic mass is 16.5. The Labute approximate surface area is 161 Å². The van der Waals surface area contributed by atoms with Gasteiger partial charge in [-0.2, -0.15) is 0 Å². The van der Waals surface area contributed by atoms with E-state index in [1.54, 1.807) is 7.11 Å². The van der Waals surface area contributed by atoms with Gasteiger partial charge < -0.3 is 14.6 Å². The van der Waals surface area contributed by atoms with Crippen molar-refractivity contribution >= 4 is 11.8 Å². The van der Waals surface area contributed by atoms with Gasteiger partial charge in [0.2, 0.25) is 0 Å². The Bertz CT molecular complexity index is 665. The van der Waals surface area contributed by atoms with Crippen molar-refractivity contribution in [1.29, 1.82) is 0 Å². The van der Waals surface area contributed by atoms with Gasteiger partial charge in [-0.25, -0.2) is 0 Å². The molecule has 3 heterocycles. The average molecular weight is 377 g/mol. The molecule has 0 aromatic rings. The van der Waals surface area contributed by atoms with Crippen LogP contribution >= 0.6 is 0 Å². The molecule has 0 aliphatic carbocycles. The van der Waals surface area contributed by atoms with Crippen molar-refractivity contribution < 1.29 is 24.2 Å². The van der Waals surface area contributed by atoms with E-state index in [0.29, 0.717) is 13.2 Å². The summed E-state index contributed by atoms with van der Waals surface area (Å²) >= 11 is 0. The van der Waals surface area contributed by atoms with Crippen LogP contribution in [0.5, 0.6) is 0 Å². The molecule has 0 radical (unpaired) electrons. The van der Waals surface area contributed by atoms with Gasteiger partial charge in [0.1, 0.15) is 11.7 Å². The van der Waals surface area contributed by atoms with Crippen LogP contribution in [0.2, 0.25) is 0 Å². The fraction of sp³-hybridized carbons (Fsp3) is 0.714. The zero-order chi connectivity index (χ0) is 19.8. The van der Waals surface area contributed by atoms with Gasteiger partial charge in [-0.1, -0.05) is 26.8 Å². The van der Waals surface area contributed by atoms with Crippen molar-refractivity contribution in [3.63, 3.8) is 0 Å². The second kappa shape index (κ2) is 7.86. The summed E-state index contributed by atoms with van der Waals surface area (Å²) in [6, 6.07) is 0.101. The van der Waals surface area contributed by atoms with E-state index in [1.165, 1.54) is 11.1 Å². The highest BCUT2D eigenvalue weighted by Crippen LogP contribution is 2.45. The van der Waals surface area contributed by atoms with Gasteiger partial charge in [-0.05, 0) is 35.0 Å². The summed E-state index contributed by atoms with van der Waals surface area (Å²) in [5.74, 6) is -2.12. The molecule has 3 atom stereocenters. The number of fused-ring (bicyclic) bond motifs is 1. The van der Waals surface area contributed by atoms with Crippen molar-refractivity contribution in [2.24, 2.45) is 11.3 Å². The van der Waals surface area contributed by atoms with E-state index in [-0.39, 0.29) is 36.2 Å². The fourth-order valence-corrected chi connectivity index (χ4v) is 4.65. The molecule has 3 aliphatic rings. The Morgan fingerprint density at radius 1 is 1.37 bits per heavy atom. The maximum atomic E-state index is 12.6. The van der Waals surface area contributed by atoms with E-state index in [0.717, 1.165) is 25.0 Å². The number of hydrogen-bond donors (Lipinski definition) is 1. The predicted molar refractivity (Wildman–Crippen MR) is 102 cm³/mol. The quantitative estimate of drug-likeness (QED) is 0.762. The zero-order valence-electron chi connectivity index (χ0n) is 16.8. The van der Waals surface area contributed by atoms with Crippen LogP contribution in [0, 0.1) is 11.3 Å². The van der Waals surface area contributed by atoms with Crippen molar-refractivity contribution in [2.75, 3.05) is 33.5 Å². The monoisotopic (exact) mass is 377 g/mol. The number of ketones is 1. The molecule has 0 amide bonds. The number of rotatable bonds is 3. The lowest BCUT2D eigenvalue weighted by atomic mass is 9.70. The first kappa shape index (κ1) is 20.2. The molecule has 0 aromatic heterocycles. The topological polar surface area (TPSA) is 76.1 Å². The molecule has 6 heteroatoms. The minimum absolute atomic E-state index is 0.0280. The first-order valence-corrected chi connectivity index (χ1v) is 9.73. The molecule has 0 bridgehead atoms. The largest absolute Gasteiger partial charge is 0.481 e.